The number of benzene rings is 2. The Balaban J connectivity index is 2.19. The molecule has 2 aromatic carbocycles. The zero-order chi connectivity index (χ0) is 23.7. The molecule has 2 unspecified atom stereocenters. The molecule has 0 heterocycles. The molecule has 3 amide bonds. The Morgan fingerprint density at radius 3 is 2.09 bits per heavy atom. The molecular weight excluding hydrogens is 410 g/mol. The molecule has 0 radical (unpaired) electrons. The number of nitrogens with zero attached hydrogens (tertiary/aromatic N) is 1. The van der Waals surface area contributed by atoms with Crippen molar-refractivity contribution in [3.05, 3.63) is 71.8 Å². The number of carbonyl (C=O) groups is 3. The zero-order valence-corrected chi connectivity index (χ0v) is 18.9. The molecule has 8 nitrogen and oxygen atoms in total. The van der Waals surface area contributed by atoms with E-state index in [0.29, 0.717) is 12.1 Å². The second kappa shape index (κ2) is 11.3. The summed E-state index contributed by atoms with van der Waals surface area (Å²) < 4.78 is 5.17. The van der Waals surface area contributed by atoms with E-state index in [1.54, 1.807) is 45.0 Å². The Kier molecular flexibility index (Phi) is 8.78. The highest BCUT2D eigenvalue weighted by Gasteiger charge is 2.33. The van der Waals surface area contributed by atoms with Gasteiger partial charge < -0.3 is 25.4 Å². The largest absolute Gasteiger partial charge is 0.444 e. The van der Waals surface area contributed by atoms with Crippen LogP contribution in [0.3, 0.4) is 0 Å². The standard InChI is InChI=1S/C24H31N3O5/c1-24(2,3)32-23(31)26-19(16-28)22(30)27(4)20(18-13-9-6-10-14-18)21(29)25-15-17-11-7-5-8-12-17/h5-14,19-20,28H,15-16H2,1-4H3,(H,25,29)(H,26,31). The smallest absolute Gasteiger partial charge is 0.408 e. The maximum Gasteiger partial charge on any atom is 0.408 e. The first kappa shape index (κ1) is 24.9. The zero-order valence-electron chi connectivity index (χ0n) is 18.9. The van der Waals surface area contributed by atoms with Crippen LogP contribution in [-0.2, 0) is 20.9 Å². The van der Waals surface area contributed by atoms with Crippen LogP contribution in [0.15, 0.2) is 60.7 Å². The summed E-state index contributed by atoms with van der Waals surface area (Å²) in [5, 5.41) is 14.9. The molecule has 0 saturated carbocycles. The van der Waals surface area contributed by atoms with Crippen molar-refractivity contribution in [1.29, 1.82) is 0 Å². The molecule has 0 aliphatic carbocycles. The molecule has 8 heteroatoms. The van der Waals surface area contributed by atoms with E-state index in [2.05, 4.69) is 10.6 Å². The molecule has 0 saturated heterocycles. The van der Waals surface area contributed by atoms with Gasteiger partial charge >= 0.3 is 6.09 Å². The van der Waals surface area contributed by atoms with Gasteiger partial charge in [-0.25, -0.2) is 4.79 Å². The molecule has 2 aromatic rings. The Hall–Kier alpha value is -3.39. The third-order valence-corrected chi connectivity index (χ3v) is 4.58. The van der Waals surface area contributed by atoms with Gasteiger partial charge in [0.05, 0.1) is 6.61 Å². The molecule has 0 aliphatic heterocycles. The molecule has 0 bridgehead atoms. The molecule has 0 aliphatic rings. The van der Waals surface area contributed by atoms with E-state index in [-0.39, 0.29) is 5.91 Å². The fraction of sp³-hybridized carbons (Fsp3) is 0.375. The number of alkyl carbamates (subject to hydrolysis) is 1. The number of nitrogens with one attached hydrogen (secondary N) is 2. The van der Waals surface area contributed by atoms with Crippen molar-refractivity contribution in [3.8, 4) is 0 Å². The van der Waals surface area contributed by atoms with Gasteiger partial charge in [-0.2, -0.15) is 0 Å². The van der Waals surface area contributed by atoms with Gasteiger partial charge in [-0.15, -0.1) is 0 Å². The second-order valence-corrected chi connectivity index (χ2v) is 8.35. The van der Waals surface area contributed by atoms with Crippen molar-refractivity contribution in [2.45, 2.75) is 45.0 Å². The number of hydrogen-bond donors (Lipinski definition) is 3. The van der Waals surface area contributed by atoms with E-state index in [1.807, 2.05) is 36.4 Å². The highest BCUT2D eigenvalue weighted by atomic mass is 16.6. The van der Waals surface area contributed by atoms with Gasteiger partial charge in [-0.05, 0) is 31.9 Å². The minimum atomic E-state index is -1.26. The van der Waals surface area contributed by atoms with Gasteiger partial charge in [0.15, 0.2) is 0 Å². The molecule has 2 atom stereocenters. The molecular formula is C24H31N3O5. The average molecular weight is 442 g/mol. The van der Waals surface area contributed by atoms with E-state index in [0.717, 1.165) is 5.56 Å². The first-order valence-electron chi connectivity index (χ1n) is 10.4. The summed E-state index contributed by atoms with van der Waals surface area (Å²) in [5.74, 6) is -1.01. The SMILES string of the molecule is CN(C(=O)C(CO)NC(=O)OC(C)(C)C)C(C(=O)NCc1ccccc1)c1ccccc1. The summed E-state index contributed by atoms with van der Waals surface area (Å²) in [6.45, 7) is 4.73. The lowest BCUT2D eigenvalue weighted by Crippen LogP contribution is -2.53. The Morgan fingerprint density at radius 1 is 1.00 bits per heavy atom. The lowest BCUT2D eigenvalue weighted by molar-refractivity contribution is -0.141. The third-order valence-electron chi connectivity index (χ3n) is 4.58. The van der Waals surface area contributed by atoms with Crippen LogP contribution in [0, 0.1) is 0 Å². The molecule has 0 fully saturated rings. The molecule has 2 rings (SSSR count). The van der Waals surface area contributed by atoms with Crippen molar-refractivity contribution in [3.63, 3.8) is 0 Å². The number of likely N-dealkylation sites (N-methyl/N-ethyl adjacent to an activating group) is 1. The van der Waals surface area contributed by atoms with E-state index >= 15 is 0 Å². The van der Waals surface area contributed by atoms with Crippen LogP contribution in [0.2, 0.25) is 0 Å². The summed E-state index contributed by atoms with van der Waals surface area (Å²) >= 11 is 0. The number of hydrogen-bond acceptors (Lipinski definition) is 5. The fourth-order valence-corrected chi connectivity index (χ4v) is 3.08. The third kappa shape index (κ3) is 7.39. The van der Waals surface area contributed by atoms with E-state index < -0.39 is 36.3 Å². The summed E-state index contributed by atoms with van der Waals surface area (Å²) in [4.78, 5) is 39.5. The predicted molar refractivity (Wildman–Crippen MR) is 120 cm³/mol. The first-order chi connectivity index (χ1) is 15.1. The minimum Gasteiger partial charge on any atom is -0.444 e. The quantitative estimate of drug-likeness (QED) is 0.583. The monoisotopic (exact) mass is 441 g/mol. The Labute approximate surface area is 188 Å². The topological polar surface area (TPSA) is 108 Å². The number of ether oxygens (including phenoxy) is 1. The van der Waals surface area contributed by atoms with E-state index in [9.17, 15) is 19.5 Å². The number of amides is 3. The van der Waals surface area contributed by atoms with Crippen molar-refractivity contribution in [2.75, 3.05) is 13.7 Å². The molecule has 172 valence electrons. The van der Waals surface area contributed by atoms with Gasteiger partial charge in [0, 0.05) is 13.6 Å². The molecule has 0 aromatic heterocycles. The van der Waals surface area contributed by atoms with Crippen molar-refractivity contribution in [2.24, 2.45) is 0 Å². The second-order valence-electron chi connectivity index (χ2n) is 8.35. The summed E-state index contributed by atoms with van der Waals surface area (Å²) in [5.41, 5.74) is 0.757. The van der Waals surface area contributed by atoms with Gasteiger partial charge in [0.1, 0.15) is 17.7 Å². The summed E-state index contributed by atoms with van der Waals surface area (Å²) in [6, 6.07) is 16.0. The Bertz CT molecular complexity index is 897. The maximum absolute atomic E-state index is 13.1. The van der Waals surface area contributed by atoms with Crippen LogP contribution in [0.1, 0.15) is 37.9 Å². The maximum atomic E-state index is 13.1. The van der Waals surface area contributed by atoms with E-state index in [4.69, 9.17) is 4.74 Å². The summed E-state index contributed by atoms with van der Waals surface area (Å²) in [6.07, 6.45) is -0.830. The van der Waals surface area contributed by atoms with E-state index in [1.165, 1.54) is 11.9 Å². The minimum absolute atomic E-state index is 0.296. The number of rotatable bonds is 8. The lowest BCUT2D eigenvalue weighted by atomic mass is 10.0. The Morgan fingerprint density at radius 2 is 1.56 bits per heavy atom. The number of aliphatic hydroxyl groups is 1. The van der Waals surface area contributed by atoms with Crippen molar-refractivity contribution >= 4 is 17.9 Å². The highest BCUT2D eigenvalue weighted by molar-refractivity contribution is 5.92. The molecule has 32 heavy (non-hydrogen) atoms. The van der Waals surface area contributed by atoms with Gasteiger partial charge in [0.25, 0.3) is 0 Å². The highest BCUT2D eigenvalue weighted by Crippen LogP contribution is 2.21. The number of carbonyl (C=O) groups excluding carboxylic acids is 3. The fourth-order valence-electron chi connectivity index (χ4n) is 3.08. The van der Waals surface area contributed by atoms with Crippen LogP contribution in [0.4, 0.5) is 4.79 Å². The van der Waals surface area contributed by atoms with Crippen LogP contribution in [0.25, 0.3) is 0 Å². The van der Waals surface area contributed by atoms with Crippen molar-refractivity contribution in [1.82, 2.24) is 15.5 Å². The average Bonchev–Trinajstić information content (AvgIpc) is 2.76. The molecule has 0 spiro atoms. The van der Waals surface area contributed by atoms with Gasteiger partial charge in [0.2, 0.25) is 11.8 Å². The van der Waals surface area contributed by atoms with Gasteiger partial charge in [-0.3, -0.25) is 9.59 Å². The van der Waals surface area contributed by atoms with Crippen LogP contribution in [-0.4, -0.2) is 53.2 Å². The van der Waals surface area contributed by atoms with Crippen LogP contribution < -0.4 is 10.6 Å². The number of aliphatic hydroxyl groups excluding tert-OH is 1. The van der Waals surface area contributed by atoms with Crippen LogP contribution in [0.5, 0.6) is 0 Å². The molecule has 3 N–H and O–H groups in total. The normalized spacial score (nSPS) is 12.9. The first-order valence-corrected chi connectivity index (χ1v) is 10.4. The van der Waals surface area contributed by atoms with Gasteiger partial charge in [-0.1, -0.05) is 60.7 Å². The predicted octanol–water partition coefficient (Wildman–Crippen LogP) is 2.39. The lowest BCUT2D eigenvalue weighted by Gasteiger charge is -2.31. The van der Waals surface area contributed by atoms with Crippen LogP contribution >= 0.6 is 0 Å². The van der Waals surface area contributed by atoms with Crippen molar-refractivity contribution < 1.29 is 24.2 Å². The summed E-state index contributed by atoms with van der Waals surface area (Å²) in [7, 11) is 1.46.